The van der Waals surface area contributed by atoms with Crippen LogP contribution < -0.4 is 0 Å². The Bertz CT molecular complexity index is 750. The summed E-state index contributed by atoms with van der Waals surface area (Å²) in [4.78, 5) is 18.8. The van der Waals surface area contributed by atoms with Crippen LogP contribution in [0.3, 0.4) is 0 Å². The molecule has 0 aliphatic carbocycles. The number of aromatic nitrogens is 1. The van der Waals surface area contributed by atoms with Gasteiger partial charge in [-0.25, -0.2) is 9.78 Å². The third-order valence-corrected chi connectivity index (χ3v) is 4.46. The molecule has 1 fully saturated rings. The summed E-state index contributed by atoms with van der Waals surface area (Å²) in [7, 11) is 0. The zero-order chi connectivity index (χ0) is 17.5. The number of likely N-dealkylation sites (tertiary alicyclic amines) is 1. The van der Waals surface area contributed by atoms with Crippen molar-refractivity contribution in [1.82, 2.24) is 9.88 Å². The van der Waals surface area contributed by atoms with Crippen molar-refractivity contribution in [3.63, 3.8) is 0 Å². The Labute approximate surface area is 146 Å². The van der Waals surface area contributed by atoms with Gasteiger partial charge in [0.15, 0.2) is 11.5 Å². The van der Waals surface area contributed by atoms with Crippen LogP contribution in [0.4, 0.5) is 4.79 Å². The second-order valence-corrected chi connectivity index (χ2v) is 7.86. The van der Waals surface area contributed by atoms with Gasteiger partial charge in [0, 0.05) is 23.7 Å². The Hall–Kier alpha value is -1.75. The van der Waals surface area contributed by atoms with Crippen LogP contribution in [0.15, 0.2) is 22.6 Å². The Morgan fingerprint density at radius 1 is 1.38 bits per heavy atom. The van der Waals surface area contributed by atoms with E-state index >= 15 is 0 Å². The minimum Gasteiger partial charge on any atom is -0.444 e. The molecule has 1 amide bonds. The lowest BCUT2D eigenvalue weighted by Crippen LogP contribution is -2.47. The molecule has 5 nitrogen and oxygen atoms in total. The summed E-state index contributed by atoms with van der Waals surface area (Å²) in [6.45, 7) is 8.23. The van der Waals surface area contributed by atoms with Crippen LogP contribution in [0.1, 0.15) is 52.3 Å². The summed E-state index contributed by atoms with van der Waals surface area (Å²) < 4.78 is 11.4. The van der Waals surface area contributed by atoms with Gasteiger partial charge in [0.1, 0.15) is 11.1 Å². The SMILES string of the molecule is C[C@@H]1CC[C@@H](c2nc3ccc(Cl)cc3o2)CN1C(=O)OC(C)(C)C. The van der Waals surface area contributed by atoms with Crippen LogP contribution >= 0.6 is 11.6 Å². The smallest absolute Gasteiger partial charge is 0.410 e. The summed E-state index contributed by atoms with van der Waals surface area (Å²) in [6.07, 6.45) is 1.54. The third-order valence-electron chi connectivity index (χ3n) is 4.23. The maximum atomic E-state index is 12.5. The highest BCUT2D eigenvalue weighted by Gasteiger charge is 2.34. The van der Waals surface area contributed by atoms with Gasteiger partial charge in [-0.15, -0.1) is 0 Å². The molecular weight excluding hydrogens is 328 g/mol. The van der Waals surface area contributed by atoms with E-state index in [9.17, 15) is 4.79 Å². The van der Waals surface area contributed by atoms with Crippen molar-refractivity contribution in [1.29, 1.82) is 0 Å². The van der Waals surface area contributed by atoms with Crippen molar-refractivity contribution in [3.8, 4) is 0 Å². The van der Waals surface area contributed by atoms with Crippen molar-refractivity contribution in [2.45, 2.75) is 58.1 Å². The molecule has 1 aromatic carbocycles. The largest absolute Gasteiger partial charge is 0.444 e. The summed E-state index contributed by atoms with van der Waals surface area (Å²) >= 11 is 6.00. The monoisotopic (exact) mass is 350 g/mol. The molecule has 2 atom stereocenters. The van der Waals surface area contributed by atoms with E-state index in [-0.39, 0.29) is 18.1 Å². The van der Waals surface area contributed by atoms with Gasteiger partial charge in [0.2, 0.25) is 0 Å². The molecule has 0 N–H and O–H groups in total. The third kappa shape index (κ3) is 3.66. The van der Waals surface area contributed by atoms with E-state index < -0.39 is 5.60 Å². The van der Waals surface area contributed by atoms with E-state index in [1.54, 1.807) is 17.0 Å². The average Bonchev–Trinajstić information content (AvgIpc) is 2.88. The normalized spacial score (nSPS) is 22.0. The van der Waals surface area contributed by atoms with E-state index in [2.05, 4.69) is 4.98 Å². The summed E-state index contributed by atoms with van der Waals surface area (Å²) in [6, 6.07) is 5.56. The molecule has 1 aromatic heterocycles. The number of amides is 1. The van der Waals surface area contributed by atoms with E-state index in [0.717, 1.165) is 18.4 Å². The van der Waals surface area contributed by atoms with Crippen LogP contribution in [0.2, 0.25) is 5.02 Å². The van der Waals surface area contributed by atoms with Crippen molar-refractivity contribution in [3.05, 3.63) is 29.1 Å². The predicted octanol–water partition coefficient (Wildman–Crippen LogP) is 4.98. The fourth-order valence-electron chi connectivity index (χ4n) is 2.97. The highest BCUT2D eigenvalue weighted by atomic mass is 35.5. The first-order chi connectivity index (χ1) is 11.2. The number of piperidine rings is 1. The number of hydrogen-bond donors (Lipinski definition) is 0. The van der Waals surface area contributed by atoms with Crippen molar-refractivity contribution >= 4 is 28.8 Å². The zero-order valence-electron chi connectivity index (χ0n) is 14.5. The summed E-state index contributed by atoms with van der Waals surface area (Å²) in [5, 5.41) is 0.623. The van der Waals surface area contributed by atoms with Crippen molar-refractivity contribution in [2.24, 2.45) is 0 Å². The minimum absolute atomic E-state index is 0.0693. The highest BCUT2D eigenvalue weighted by molar-refractivity contribution is 6.31. The van der Waals surface area contributed by atoms with E-state index in [0.29, 0.717) is 23.0 Å². The molecule has 0 unspecified atom stereocenters. The zero-order valence-corrected chi connectivity index (χ0v) is 15.3. The molecule has 0 spiro atoms. The van der Waals surface area contributed by atoms with Crippen LogP contribution in [-0.2, 0) is 4.74 Å². The van der Waals surface area contributed by atoms with E-state index in [1.807, 2.05) is 33.8 Å². The first-order valence-electron chi connectivity index (χ1n) is 8.28. The number of halogens is 1. The summed E-state index contributed by atoms with van der Waals surface area (Å²) in [5.74, 6) is 0.729. The van der Waals surface area contributed by atoms with Crippen LogP contribution in [0, 0.1) is 0 Å². The molecule has 0 bridgehead atoms. The number of nitrogens with zero attached hydrogens (tertiary/aromatic N) is 2. The Kier molecular flexibility index (Phi) is 4.47. The van der Waals surface area contributed by atoms with Crippen LogP contribution in [0.5, 0.6) is 0 Å². The van der Waals surface area contributed by atoms with Crippen molar-refractivity contribution in [2.75, 3.05) is 6.54 Å². The van der Waals surface area contributed by atoms with Gasteiger partial charge in [0.05, 0.1) is 5.92 Å². The quantitative estimate of drug-likeness (QED) is 0.727. The minimum atomic E-state index is -0.502. The number of benzene rings is 1. The topological polar surface area (TPSA) is 55.6 Å². The maximum absolute atomic E-state index is 12.5. The van der Waals surface area contributed by atoms with Gasteiger partial charge >= 0.3 is 6.09 Å². The fraction of sp³-hybridized carbons (Fsp3) is 0.556. The molecule has 24 heavy (non-hydrogen) atoms. The van der Waals surface area contributed by atoms with Crippen molar-refractivity contribution < 1.29 is 13.9 Å². The van der Waals surface area contributed by atoms with E-state index in [1.165, 1.54) is 0 Å². The maximum Gasteiger partial charge on any atom is 0.410 e. The molecule has 6 heteroatoms. The first-order valence-corrected chi connectivity index (χ1v) is 8.66. The Morgan fingerprint density at radius 2 is 2.12 bits per heavy atom. The first kappa shape index (κ1) is 17.1. The van der Waals surface area contributed by atoms with Gasteiger partial charge in [0.25, 0.3) is 0 Å². The van der Waals surface area contributed by atoms with Gasteiger partial charge in [-0.05, 0) is 52.7 Å². The fourth-order valence-corrected chi connectivity index (χ4v) is 3.14. The molecule has 1 aliphatic heterocycles. The molecule has 0 saturated carbocycles. The van der Waals surface area contributed by atoms with Gasteiger partial charge < -0.3 is 14.1 Å². The lowest BCUT2D eigenvalue weighted by atomic mass is 9.94. The van der Waals surface area contributed by atoms with Gasteiger partial charge in [-0.1, -0.05) is 11.6 Å². The Morgan fingerprint density at radius 3 is 2.83 bits per heavy atom. The molecule has 1 aliphatic rings. The second kappa shape index (κ2) is 6.28. The summed E-state index contributed by atoms with van der Waals surface area (Å²) in [5.41, 5.74) is 0.967. The lowest BCUT2D eigenvalue weighted by molar-refractivity contribution is 0.00876. The van der Waals surface area contributed by atoms with Crippen LogP contribution in [-0.4, -0.2) is 34.2 Å². The molecular formula is C18H23ClN2O3. The number of rotatable bonds is 1. The van der Waals surface area contributed by atoms with Crippen LogP contribution in [0.25, 0.3) is 11.1 Å². The standard InChI is InChI=1S/C18H23ClN2O3/c1-11-5-6-12(10-21(11)17(22)24-18(2,3)4)16-20-14-8-7-13(19)9-15(14)23-16/h7-9,11-12H,5-6,10H2,1-4H3/t11-,12-/m1/s1. The highest BCUT2D eigenvalue weighted by Crippen LogP contribution is 2.32. The molecule has 0 radical (unpaired) electrons. The van der Waals surface area contributed by atoms with Gasteiger partial charge in [-0.2, -0.15) is 0 Å². The molecule has 1 saturated heterocycles. The predicted molar refractivity (Wildman–Crippen MR) is 93.4 cm³/mol. The molecule has 2 aromatic rings. The molecule has 130 valence electrons. The number of carbonyl (C=O) groups excluding carboxylic acids is 1. The average molecular weight is 351 g/mol. The number of oxazole rings is 1. The number of hydrogen-bond acceptors (Lipinski definition) is 4. The number of fused-ring (bicyclic) bond motifs is 1. The number of ether oxygens (including phenoxy) is 1. The second-order valence-electron chi connectivity index (χ2n) is 7.42. The van der Waals surface area contributed by atoms with E-state index in [4.69, 9.17) is 20.8 Å². The Balaban J connectivity index is 1.80. The molecule has 3 rings (SSSR count). The molecule has 2 heterocycles. The lowest BCUT2D eigenvalue weighted by Gasteiger charge is -2.37. The number of carbonyl (C=O) groups is 1. The van der Waals surface area contributed by atoms with Gasteiger partial charge in [-0.3, -0.25) is 0 Å².